The molecule has 1 amide bonds. The van der Waals surface area contributed by atoms with Crippen LogP contribution in [0.4, 0.5) is 0 Å². The van der Waals surface area contributed by atoms with Gasteiger partial charge in [-0.05, 0) is 23.3 Å². The van der Waals surface area contributed by atoms with E-state index in [1.165, 1.54) is 0 Å². The Labute approximate surface area is 160 Å². The van der Waals surface area contributed by atoms with E-state index in [0.29, 0.717) is 18.8 Å². The van der Waals surface area contributed by atoms with Crippen LogP contribution in [0.3, 0.4) is 0 Å². The topological polar surface area (TPSA) is 58.2 Å². The number of hydrogen-bond acceptors (Lipinski definition) is 3. The van der Waals surface area contributed by atoms with Crippen LogP contribution < -0.4 is 0 Å². The molecule has 1 aliphatic rings. The average Bonchev–Trinajstić information content (AvgIpc) is 3.17. The summed E-state index contributed by atoms with van der Waals surface area (Å²) in [5.74, 6) is -0.0598. The summed E-state index contributed by atoms with van der Waals surface area (Å²) in [6, 6.07) is 17.9. The molecule has 0 radical (unpaired) electrons. The molecular weight excluding hydrogens is 394 g/mol. The maximum atomic E-state index is 13.1. The molecule has 0 saturated carbocycles. The van der Waals surface area contributed by atoms with Gasteiger partial charge in [0.05, 0.1) is 18.3 Å². The minimum Gasteiger partial charge on any atom is -0.378 e. The van der Waals surface area contributed by atoms with Gasteiger partial charge < -0.3 is 9.64 Å². The van der Waals surface area contributed by atoms with E-state index in [1.807, 2.05) is 59.5 Å². The average molecular weight is 412 g/mol. The third-order valence-electron chi connectivity index (χ3n) is 4.60. The predicted molar refractivity (Wildman–Crippen MR) is 102 cm³/mol. The lowest BCUT2D eigenvalue weighted by Gasteiger charge is -2.26. The zero-order valence-corrected chi connectivity index (χ0v) is 15.9. The first-order chi connectivity index (χ1) is 12.7. The van der Waals surface area contributed by atoms with Gasteiger partial charge in [0, 0.05) is 23.7 Å². The molecule has 1 atom stereocenters. The fraction of sp³-hybridized carbons (Fsp3) is 0.200. The van der Waals surface area contributed by atoms with Gasteiger partial charge in [0.25, 0.3) is 5.91 Å². The summed E-state index contributed by atoms with van der Waals surface area (Å²) >= 11 is 3.48. The second kappa shape index (κ2) is 7.05. The zero-order valence-electron chi connectivity index (χ0n) is 14.3. The number of nitrogens with one attached hydrogen (secondary N) is 1. The van der Waals surface area contributed by atoms with E-state index in [4.69, 9.17) is 4.74 Å². The molecule has 1 aliphatic heterocycles. The minimum atomic E-state index is -0.185. The summed E-state index contributed by atoms with van der Waals surface area (Å²) < 4.78 is 6.30. The second-order valence-electron chi connectivity index (χ2n) is 6.27. The molecule has 1 aromatic heterocycles. The lowest BCUT2D eigenvalue weighted by molar-refractivity contribution is 0.0728. The molecule has 0 spiro atoms. The van der Waals surface area contributed by atoms with Gasteiger partial charge in [0.1, 0.15) is 0 Å². The van der Waals surface area contributed by atoms with Crippen LogP contribution in [0.2, 0.25) is 0 Å². The first-order valence-electron chi connectivity index (χ1n) is 8.35. The quantitative estimate of drug-likeness (QED) is 0.688. The second-order valence-corrected chi connectivity index (χ2v) is 7.19. The highest BCUT2D eigenvalue weighted by Crippen LogP contribution is 2.40. The molecular formula is C20H18BrN3O2. The van der Waals surface area contributed by atoms with E-state index < -0.39 is 0 Å². The number of ether oxygens (including phenoxy) is 1. The Hall–Kier alpha value is -2.44. The smallest absolute Gasteiger partial charge is 0.275 e. The number of carbonyl (C=O) groups is 1. The number of carbonyl (C=O) groups excluding carboxylic acids is 1. The van der Waals surface area contributed by atoms with Crippen molar-refractivity contribution in [3.63, 3.8) is 0 Å². The number of fused-ring (bicyclic) bond motifs is 1. The Morgan fingerprint density at radius 1 is 1.15 bits per heavy atom. The number of benzene rings is 2. The Kier molecular flexibility index (Phi) is 4.61. The lowest BCUT2D eigenvalue weighted by atomic mass is 9.98. The molecule has 4 rings (SSSR count). The molecule has 5 nitrogen and oxygen atoms in total. The Morgan fingerprint density at radius 3 is 2.58 bits per heavy atom. The van der Waals surface area contributed by atoms with Crippen LogP contribution in [0.1, 0.15) is 38.9 Å². The van der Waals surface area contributed by atoms with E-state index in [9.17, 15) is 4.79 Å². The number of amides is 1. The SMILES string of the molecule is COCc1[nH]nc2c1C(c1ccc(Br)cc1)N(Cc1ccccc1)C2=O. The summed E-state index contributed by atoms with van der Waals surface area (Å²) in [4.78, 5) is 14.9. The molecule has 2 aromatic carbocycles. The van der Waals surface area contributed by atoms with Crippen molar-refractivity contribution in [1.82, 2.24) is 15.1 Å². The van der Waals surface area contributed by atoms with Gasteiger partial charge in [-0.1, -0.05) is 58.4 Å². The van der Waals surface area contributed by atoms with E-state index in [1.54, 1.807) is 7.11 Å². The van der Waals surface area contributed by atoms with Crippen LogP contribution >= 0.6 is 15.9 Å². The van der Waals surface area contributed by atoms with Crippen LogP contribution in [0, 0.1) is 0 Å². The summed E-state index contributed by atoms with van der Waals surface area (Å²) in [5.41, 5.74) is 4.38. The van der Waals surface area contributed by atoms with E-state index in [2.05, 4.69) is 26.1 Å². The molecule has 26 heavy (non-hydrogen) atoms. The Bertz CT molecular complexity index is 922. The normalized spacial score (nSPS) is 16.2. The molecule has 0 aliphatic carbocycles. The molecule has 1 N–H and O–H groups in total. The van der Waals surface area contributed by atoms with Gasteiger partial charge in [-0.15, -0.1) is 0 Å². The molecule has 0 bridgehead atoms. The maximum absolute atomic E-state index is 13.1. The summed E-state index contributed by atoms with van der Waals surface area (Å²) in [5, 5.41) is 7.25. The first kappa shape index (κ1) is 17.0. The van der Waals surface area contributed by atoms with Crippen LogP contribution in [0.25, 0.3) is 0 Å². The van der Waals surface area contributed by atoms with Crippen LogP contribution in [-0.2, 0) is 17.9 Å². The number of rotatable bonds is 5. The maximum Gasteiger partial charge on any atom is 0.275 e. The molecule has 6 heteroatoms. The first-order valence-corrected chi connectivity index (χ1v) is 9.14. The highest BCUT2D eigenvalue weighted by atomic mass is 79.9. The van der Waals surface area contributed by atoms with Crippen molar-refractivity contribution >= 4 is 21.8 Å². The standard InChI is InChI=1S/C20H18BrN3O2/c1-26-12-16-17-18(23-22-16)20(25)24(11-13-5-3-2-4-6-13)19(17)14-7-9-15(21)10-8-14/h2-10,19H,11-12H2,1H3,(H,22,23). The highest BCUT2D eigenvalue weighted by molar-refractivity contribution is 9.10. The van der Waals surface area contributed by atoms with Gasteiger partial charge in [-0.2, -0.15) is 5.10 Å². The number of nitrogens with zero attached hydrogens (tertiary/aromatic N) is 2. The lowest BCUT2D eigenvalue weighted by Crippen LogP contribution is -2.29. The van der Waals surface area contributed by atoms with Crippen molar-refractivity contribution in [2.24, 2.45) is 0 Å². The van der Waals surface area contributed by atoms with Crippen molar-refractivity contribution in [1.29, 1.82) is 0 Å². The summed E-state index contributed by atoms with van der Waals surface area (Å²) in [7, 11) is 1.64. The number of aromatic amines is 1. The number of hydrogen-bond donors (Lipinski definition) is 1. The number of H-pyrrole nitrogens is 1. The van der Waals surface area contributed by atoms with Crippen molar-refractivity contribution < 1.29 is 9.53 Å². The third-order valence-corrected chi connectivity index (χ3v) is 5.13. The fourth-order valence-electron chi connectivity index (χ4n) is 3.44. The third kappa shape index (κ3) is 2.95. The van der Waals surface area contributed by atoms with Crippen LogP contribution in [0.5, 0.6) is 0 Å². The summed E-state index contributed by atoms with van der Waals surface area (Å²) in [6.45, 7) is 0.922. The fourth-order valence-corrected chi connectivity index (χ4v) is 3.71. The monoisotopic (exact) mass is 411 g/mol. The molecule has 0 fully saturated rings. The molecule has 132 valence electrons. The minimum absolute atomic E-state index is 0.0598. The Morgan fingerprint density at radius 2 is 1.88 bits per heavy atom. The van der Waals surface area contributed by atoms with Gasteiger partial charge >= 0.3 is 0 Å². The van der Waals surface area contributed by atoms with Crippen LogP contribution in [0.15, 0.2) is 59.1 Å². The largest absolute Gasteiger partial charge is 0.378 e. The van der Waals surface area contributed by atoms with E-state index >= 15 is 0 Å². The number of aromatic nitrogens is 2. The molecule has 1 unspecified atom stereocenters. The van der Waals surface area contributed by atoms with Crippen molar-refractivity contribution in [3.05, 3.63) is 87.1 Å². The van der Waals surface area contributed by atoms with Gasteiger partial charge in [-0.25, -0.2) is 0 Å². The predicted octanol–water partition coefficient (Wildman–Crippen LogP) is 4.06. The number of halogens is 1. The zero-order chi connectivity index (χ0) is 18.1. The molecule has 2 heterocycles. The number of methoxy groups -OCH3 is 1. The molecule has 0 saturated heterocycles. The summed E-state index contributed by atoms with van der Waals surface area (Å²) in [6.07, 6.45) is 0. The van der Waals surface area contributed by atoms with Gasteiger partial charge in [0.15, 0.2) is 5.69 Å². The van der Waals surface area contributed by atoms with Gasteiger partial charge in [-0.3, -0.25) is 9.89 Å². The van der Waals surface area contributed by atoms with Gasteiger partial charge in [0.2, 0.25) is 0 Å². The van der Waals surface area contributed by atoms with Crippen LogP contribution in [-0.4, -0.2) is 28.1 Å². The molecule has 3 aromatic rings. The van der Waals surface area contributed by atoms with Crippen molar-refractivity contribution in [2.45, 2.75) is 19.2 Å². The van der Waals surface area contributed by atoms with Crippen molar-refractivity contribution in [2.75, 3.05) is 7.11 Å². The Balaban J connectivity index is 1.79. The van der Waals surface area contributed by atoms with Crippen molar-refractivity contribution in [3.8, 4) is 0 Å². The highest BCUT2D eigenvalue weighted by Gasteiger charge is 2.42. The van der Waals surface area contributed by atoms with E-state index in [-0.39, 0.29) is 11.9 Å². The van der Waals surface area contributed by atoms with E-state index in [0.717, 1.165) is 26.9 Å².